The first-order chi connectivity index (χ1) is 11.5. The van der Waals surface area contributed by atoms with Gasteiger partial charge in [0.25, 0.3) is 0 Å². The number of ether oxygens (including phenoxy) is 1. The van der Waals surface area contributed by atoms with Crippen LogP contribution in [-0.4, -0.2) is 39.2 Å². The minimum Gasteiger partial charge on any atom is -0.494 e. The zero-order valence-electron chi connectivity index (χ0n) is 13.7. The van der Waals surface area contributed by atoms with Crippen molar-refractivity contribution in [2.45, 2.75) is 19.9 Å². The number of hydrogen-bond donors (Lipinski definition) is 3. The molecule has 0 atom stereocenters. The lowest BCUT2D eigenvalue weighted by Crippen LogP contribution is -2.25. The number of imidazole rings is 1. The van der Waals surface area contributed by atoms with Gasteiger partial charge in [-0.2, -0.15) is 11.8 Å². The van der Waals surface area contributed by atoms with Crippen LogP contribution >= 0.6 is 11.8 Å². The fourth-order valence-corrected chi connectivity index (χ4v) is 2.59. The summed E-state index contributed by atoms with van der Waals surface area (Å²) in [5.41, 5.74) is 0.544. The summed E-state index contributed by atoms with van der Waals surface area (Å²) < 4.78 is 6.36. The van der Waals surface area contributed by atoms with E-state index in [1.165, 1.54) is 0 Å². The summed E-state index contributed by atoms with van der Waals surface area (Å²) in [5, 5.41) is 12.8. The van der Waals surface area contributed by atoms with Crippen molar-refractivity contribution in [2.75, 3.05) is 23.9 Å². The molecule has 0 aliphatic rings. The molecule has 1 heterocycles. The van der Waals surface area contributed by atoms with Gasteiger partial charge in [0.1, 0.15) is 12.3 Å². The first-order valence-corrected chi connectivity index (χ1v) is 8.96. The molecule has 1 aromatic carbocycles. The number of carbonyl (C=O) groups excluding carboxylic acids is 1. The van der Waals surface area contributed by atoms with Crippen molar-refractivity contribution in [2.24, 2.45) is 0 Å². The van der Waals surface area contributed by atoms with Gasteiger partial charge in [-0.3, -0.25) is 9.36 Å². The number of aromatic nitrogens is 2. The third-order valence-electron chi connectivity index (χ3n) is 3.34. The predicted molar refractivity (Wildman–Crippen MR) is 95.0 cm³/mol. The molecule has 1 aromatic heterocycles. The average molecular weight is 351 g/mol. The Labute approximate surface area is 144 Å². The lowest BCUT2D eigenvalue weighted by Gasteiger charge is -2.08. The number of carbonyl (C=O) groups is 1. The summed E-state index contributed by atoms with van der Waals surface area (Å²) >= 11 is 1.61. The van der Waals surface area contributed by atoms with Crippen LogP contribution in [-0.2, 0) is 17.8 Å². The maximum Gasteiger partial charge on any atom is 0.329 e. The van der Waals surface area contributed by atoms with Gasteiger partial charge in [-0.05, 0) is 43.2 Å². The number of hydrogen-bond acceptors (Lipinski definition) is 5. The number of nitrogens with zero attached hydrogens (tertiary/aromatic N) is 1. The highest BCUT2D eigenvalue weighted by atomic mass is 32.2. The van der Waals surface area contributed by atoms with Gasteiger partial charge in [0.05, 0.1) is 12.3 Å². The molecule has 0 radical (unpaired) electrons. The molecule has 130 valence electrons. The Morgan fingerprint density at radius 1 is 1.38 bits per heavy atom. The van der Waals surface area contributed by atoms with E-state index < -0.39 is 11.6 Å². The Bertz CT molecular complexity index is 737. The molecule has 3 N–H and O–H groups in total. The van der Waals surface area contributed by atoms with Crippen LogP contribution in [0.1, 0.15) is 12.6 Å². The molecule has 0 aliphatic heterocycles. The van der Waals surface area contributed by atoms with E-state index in [-0.39, 0.29) is 12.4 Å². The maximum atomic E-state index is 12.1. The van der Waals surface area contributed by atoms with Crippen LogP contribution in [0.15, 0.2) is 29.1 Å². The number of amides is 1. The summed E-state index contributed by atoms with van der Waals surface area (Å²) in [4.78, 5) is 26.5. The van der Waals surface area contributed by atoms with Crippen LogP contribution in [0.5, 0.6) is 11.6 Å². The summed E-state index contributed by atoms with van der Waals surface area (Å²) in [5.74, 6) is 0.905. The second kappa shape index (κ2) is 8.49. The Morgan fingerprint density at radius 3 is 2.71 bits per heavy atom. The minimum atomic E-state index is -0.495. The van der Waals surface area contributed by atoms with E-state index in [9.17, 15) is 14.7 Å². The van der Waals surface area contributed by atoms with Crippen molar-refractivity contribution in [3.05, 3.63) is 40.4 Å². The second-order valence-corrected chi connectivity index (χ2v) is 6.05. The Hall–Kier alpha value is -2.35. The number of thioether (sulfide) groups is 1. The average Bonchev–Trinajstić information content (AvgIpc) is 2.82. The summed E-state index contributed by atoms with van der Waals surface area (Å²) in [6.45, 7) is 2.21. The first kappa shape index (κ1) is 18.0. The molecule has 8 heteroatoms. The molecule has 0 aliphatic carbocycles. The summed E-state index contributed by atoms with van der Waals surface area (Å²) in [6, 6.07) is 6.93. The highest BCUT2D eigenvalue weighted by Crippen LogP contribution is 2.17. The highest BCUT2D eigenvalue weighted by molar-refractivity contribution is 7.98. The number of aromatic amines is 1. The molecular weight excluding hydrogens is 330 g/mol. The van der Waals surface area contributed by atoms with Crippen LogP contribution in [0.4, 0.5) is 5.69 Å². The van der Waals surface area contributed by atoms with Gasteiger partial charge < -0.3 is 20.1 Å². The molecule has 0 unspecified atom stereocenters. The smallest absolute Gasteiger partial charge is 0.329 e. The number of H-pyrrole nitrogens is 1. The van der Waals surface area contributed by atoms with Crippen LogP contribution in [0.3, 0.4) is 0 Å². The van der Waals surface area contributed by atoms with Gasteiger partial charge in [0.15, 0.2) is 0 Å². The number of benzene rings is 1. The lowest BCUT2D eigenvalue weighted by atomic mass is 10.3. The molecule has 24 heavy (non-hydrogen) atoms. The van der Waals surface area contributed by atoms with Gasteiger partial charge in [0, 0.05) is 12.1 Å². The lowest BCUT2D eigenvalue weighted by molar-refractivity contribution is -0.116. The van der Waals surface area contributed by atoms with Crippen molar-refractivity contribution in [3.8, 4) is 11.6 Å². The first-order valence-electron chi connectivity index (χ1n) is 7.57. The fourth-order valence-electron chi connectivity index (χ4n) is 2.18. The van der Waals surface area contributed by atoms with Gasteiger partial charge >= 0.3 is 5.69 Å². The molecule has 1 amide bonds. The number of anilines is 1. The van der Waals surface area contributed by atoms with E-state index in [4.69, 9.17) is 4.74 Å². The van der Waals surface area contributed by atoms with E-state index in [0.29, 0.717) is 30.2 Å². The van der Waals surface area contributed by atoms with Crippen molar-refractivity contribution >= 4 is 23.4 Å². The molecule has 0 saturated heterocycles. The molecule has 0 bridgehead atoms. The van der Waals surface area contributed by atoms with E-state index >= 15 is 0 Å². The molecule has 7 nitrogen and oxygen atoms in total. The molecule has 2 rings (SSSR count). The molecule has 0 fully saturated rings. The zero-order valence-corrected chi connectivity index (χ0v) is 14.5. The van der Waals surface area contributed by atoms with Crippen molar-refractivity contribution < 1.29 is 14.6 Å². The van der Waals surface area contributed by atoms with Gasteiger partial charge in [-0.25, -0.2) is 4.79 Å². The van der Waals surface area contributed by atoms with Gasteiger partial charge in [-0.1, -0.05) is 0 Å². The molecular formula is C16H21N3O4S. The van der Waals surface area contributed by atoms with Crippen LogP contribution in [0.2, 0.25) is 0 Å². The van der Waals surface area contributed by atoms with Crippen LogP contribution in [0.25, 0.3) is 0 Å². The van der Waals surface area contributed by atoms with Crippen molar-refractivity contribution in [1.29, 1.82) is 0 Å². The number of nitrogens with one attached hydrogen (secondary N) is 2. The highest BCUT2D eigenvalue weighted by Gasteiger charge is 2.15. The van der Waals surface area contributed by atoms with Crippen molar-refractivity contribution in [3.63, 3.8) is 0 Å². The largest absolute Gasteiger partial charge is 0.494 e. The standard InChI is InChI=1S/C16H21N3O4S/c1-3-23-12-6-4-11(5-7-12)17-14(20)10-19-15(21)13(8-9-24-2)18-16(19)22/h4-7,21H,3,8-10H2,1-2H3,(H,17,20)(H,18,22). The summed E-state index contributed by atoms with van der Waals surface area (Å²) in [7, 11) is 0. The number of aryl methyl sites for hydroxylation is 1. The SMILES string of the molecule is CCOc1ccc(NC(=O)Cn2c(O)c(CCSC)[nH]c2=O)cc1. The van der Waals surface area contributed by atoms with E-state index in [1.54, 1.807) is 36.0 Å². The topological polar surface area (TPSA) is 96.3 Å². The quantitative estimate of drug-likeness (QED) is 0.674. The second-order valence-electron chi connectivity index (χ2n) is 5.07. The Balaban J connectivity index is 2.01. The van der Waals surface area contributed by atoms with Crippen molar-refractivity contribution in [1.82, 2.24) is 9.55 Å². The molecule has 2 aromatic rings. The van der Waals surface area contributed by atoms with E-state index in [0.717, 1.165) is 10.3 Å². The zero-order chi connectivity index (χ0) is 17.5. The van der Waals surface area contributed by atoms with Gasteiger partial charge in [-0.15, -0.1) is 0 Å². The normalized spacial score (nSPS) is 10.6. The Morgan fingerprint density at radius 2 is 2.08 bits per heavy atom. The van der Waals surface area contributed by atoms with Crippen LogP contribution in [0, 0.1) is 0 Å². The maximum absolute atomic E-state index is 12.1. The third-order valence-corrected chi connectivity index (χ3v) is 3.95. The third kappa shape index (κ3) is 4.58. The fraction of sp³-hybridized carbons (Fsp3) is 0.375. The Kier molecular flexibility index (Phi) is 6.36. The summed E-state index contributed by atoms with van der Waals surface area (Å²) in [6.07, 6.45) is 2.48. The predicted octanol–water partition coefficient (Wildman–Crippen LogP) is 1.82. The van der Waals surface area contributed by atoms with Crippen LogP contribution < -0.4 is 15.7 Å². The number of rotatable bonds is 8. The minimum absolute atomic E-state index is 0.184. The van der Waals surface area contributed by atoms with E-state index in [1.807, 2.05) is 13.2 Å². The number of aromatic hydroxyl groups is 1. The van der Waals surface area contributed by atoms with Gasteiger partial charge in [0.2, 0.25) is 11.8 Å². The molecule has 0 spiro atoms. The monoisotopic (exact) mass is 351 g/mol. The molecule has 0 saturated carbocycles. The van der Waals surface area contributed by atoms with E-state index in [2.05, 4.69) is 10.3 Å².